The SMILES string of the molecule is Nc1nnc(N2CCC(c3ccccc3)C2)o1. The summed E-state index contributed by atoms with van der Waals surface area (Å²) in [7, 11) is 0. The van der Waals surface area contributed by atoms with E-state index in [-0.39, 0.29) is 6.01 Å². The monoisotopic (exact) mass is 230 g/mol. The molecule has 2 aromatic rings. The van der Waals surface area contributed by atoms with Crippen molar-refractivity contribution in [2.45, 2.75) is 12.3 Å². The zero-order valence-corrected chi connectivity index (χ0v) is 9.41. The van der Waals surface area contributed by atoms with Crippen LogP contribution in [0.15, 0.2) is 34.7 Å². The third kappa shape index (κ3) is 1.95. The predicted molar refractivity (Wildman–Crippen MR) is 64.7 cm³/mol. The Hall–Kier alpha value is -2.04. The smallest absolute Gasteiger partial charge is 0.319 e. The molecule has 1 aromatic heterocycles. The second-order valence-electron chi connectivity index (χ2n) is 4.27. The minimum atomic E-state index is 0.128. The molecule has 2 heterocycles. The Morgan fingerprint density at radius 1 is 1.24 bits per heavy atom. The molecule has 0 bridgehead atoms. The quantitative estimate of drug-likeness (QED) is 0.849. The maximum Gasteiger partial charge on any atom is 0.319 e. The molecule has 0 spiro atoms. The van der Waals surface area contributed by atoms with Gasteiger partial charge in [-0.3, -0.25) is 0 Å². The van der Waals surface area contributed by atoms with Crippen LogP contribution in [0.2, 0.25) is 0 Å². The Bertz CT molecular complexity index is 496. The third-order valence-electron chi connectivity index (χ3n) is 3.16. The first kappa shape index (κ1) is 10.1. The van der Waals surface area contributed by atoms with Gasteiger partial charge in [0.05, 0.1) is 0 Å². The van der Waals surface area contributed by atoms with E-state index in [0.29, 0.717) is 11.9 Å². The first-order chi connectivity index (χ1) is 8.33. The minimum absolute atomic E-state index is 0.128. The third-order valence-corrected chi connectivity index (χ3v) is 3.16. The van der Waals surface area contributed by atoms with Gasteiger partial charge in [-0.1, -0.05) is 40.5 Å². The molecule has 0 aliphatic carbocycles. The average Bonchev–Trinajstić information content (AvgIpc) is 2.98. The number of benzene rings is 1. The maximum atomic E-state index is 5.43. The summed E-state index contributed by atoms with van der Waals surface area (Å²) in [6.45, 7) is 1.84. The van der Waals surface area contributed by atoms with E-state index in [9.17, 15) is 0 Å². The molecule has 1 unspecified atom stereocenters. The van der Waals surface area contributed by atoms with Gasteiger partial charge in [-0.25, -0.2) is 0 Å². The molecule has 1 aliphatic heterocycles. The lowest BCUT2D eigenvalue weighted by molar-refractivity contribution is 0.561. The number of hydrogen-bond acceptors (Lipinski definition) is 5. The van der Waals surface area contributed by atoms with E-state index in [4.69, 9.17) is 10.2 Å². The highest BCUT2D eigenvalue weighted by Crippen LogP contribution is 2.29. The summed E-state index contributed by atoms with van der Waals surface area (Å²) in [5, 5.41) is 7.59. The Labute approximate surface area is 99.2 Å². The molecular weight excluding hydrogens is 216 g/mol. The van der Waals surface area contributed by atoms with Crippen molar-refractivity contribution in [1.82, 2.24) is 10.2 Å². The Balaban J connectivity index is 1.74. The Morgan fingerprint density at radius 3 is 2.76 bits per heavy atom. The van der Waals surface area contributed by atoms with Crippen LogP contribution >= 0.6 is 0 Å². The van der Waals surface area contributed by atoms with Gasteiger partial charge in [0.2, 0.25) is 0 Å². The lowest BCUT2D eigenvalue weighted by Crippen LogP contribution is -2.19. The van der Waals surface area contributed by atoms with Crippen LogP contribution in [-0.2, 0) is 0 Å². The summed E-state index contributed by atoms with van der Waals surface area (Å²) in [4.78, 5) is 2.08. The largest absolute Gasteiger partial charge is 0.390 e. The van der Waals surface area contributed by atoms with Crippen molar-refractivity contribution in [1.29, 1.82) is 0 Å². The second-order valence-corrected chi connectivity index (χ2v) is 4.27. The zero-order chi connectivity index (χ0) is 11.7. The summed E-state index contributed by atoms with van der Waals surface area (Å²) < 4.78 is 5.23. The van der Waals surface area contributed by atoms with Crippen LogP contribution in [0.25, 0.3) is 0 Å². The molecule has 1 saturated heterocycles. The summed E-state index contributed by atoms with van der Waals surface area (Å²) in [5.74, 6) is 0.532. The van der Waals surface area contributed by atoms with Crippen LogP contribution in [0.4, 0.5) is 12.0 Å². The van der Waals surface area contributed by atoms with Gasteiger partial charge < -0.3 is 15.1 Å². The van der Waals surface area contributed by atoms with Crippen molar-refractivity contribution in [2.75, 3.05) is 23.7 Å². The van der Waals surface area contributed by atoms with Crippen LogP contribution in [0.3, 0.4) is 0 Å². The van der Waals surface area contributed by atoms with E-state index in [1.807, 2.05) is 6.07 Å². The summed E-state index contributed by atoms with van der Waals surface area (Å²) in [5.41, 5.74) is 6.79. The van der Waals surface area contributed by atoms with Gasteiger partial charge in [0, 0.05) is 19.0 Å². The van der Waals surface area contributed by atoms with Crippen LogP contribution in [0.5, 0.6) is 0 Å². The number of nitrogens with two attached hydrogens (primary N) is 1. The van der Waals surface area contributed by atoms with Gasteiger partial charge in [-0.15, -0.1) is 0 Å². The van der Waals surface area contributed by atoms with Gasteiger partial charge in [0.1, 0.15) is 0 Å². The maximum absolute atomic E-state index is 5.43. The summed E-state index contributed by atoms with van der Waals surface area (Å²) >= 11 is 0. The molecule has 1 aliphatic rings. The Kier molecular flexibility index (Phi) is 2.44. The molecule has 5 nitrogen and oxygen atoms in total. The fourth-order valence-electron chi connectivity index (χ4n) is 2.29. The standard InChI is InChI=1S/C12H14N4O/c13-11-14-15-12(17-11)16-7-6-10(8-16)9-4-2-1-3-5-9/h1-5,10H,6-8H2,(H2,13,14). The molecule has 0 radical (unpaired) electrons. The molecule has 1 fully saturated rings. The molecule has 88 valence electrons. The highest BCUT2D eigenvalue weighted by atomic mass is 16.4. The number of anilines is 2. The average molecular weight is 230 g/mol. The van der Waals surface area contributed by atoms with E-state index in [0.717, 1.165) is 19.5 Å². The van der Waals surface area contributed by atoms with Crippen molar-refractivity contribution >= 4 is 12.0 Å². The molecule has 1 atom stereocenters. The second kappa shape index (κ2) is 4.08. The van der Waals surface area contributed by atoms with E-state index >= 15 is 0 Å². The molecule has 0 amide bonds. The van der Waals surface area contributed by atoms with Crippen LogP contribution < -0.4 is 10.6 Å². The minimum Gasteiger partial charge on any atom is -0.390 e. The van der Waals surface area contributed by atoms with Crippen molar-refractivity contribution in [3.63, 3.8) is 0 Å². The topological polar surface area (TPSA) is 68.2 Å². The van der Waals surface area contributed by atoms with E-state index < -0.39 is 0 Å². The number of nitrogens with zero attached hydrogens (tertiary/aromatic N) is 3. The number of hydrogen-bond donors (Lipinski definition) is 1. The van der Waals surface area contributed by atoms with Crippen molar-refractivity contribution < 1.29 is 4.42 Å². The van der Waals surface area contributed by atoms with Gasteiger partial charge in [0.25, 0.3) is 0 Å². The van der Waals surface area contributed by atoms with Crippen LogP contribution in [-0.4, -0.2) is 23.3 Å². The lowest BCUT2D eigenvalue weighted by Gasteiger charge is -2.13. The van der Waals surface area contributed by atoms with Crippen molar-refractivity contribution in [2.24, 2.45) is 0 Å². The number of aromatic nitrogens is 2. The predicted octanol–water partition coefficient (Wildman–Crippen LogP) is 1.65. The number of rotatable bonds is 2. The van der Waals surface area contributed by atoms with Crippen LogP contribution in [0, 0.1) is 0 Å². The van der Waals surface area contributed by atoms with E-state index in [1.165, 1.54) is 5.56 Å². The fourth-order valence-corrected chi connectivity index (χ4v) is 2.29. The first-order valence-corrected chi connectivity index (χ1v) is 5.72. The Morgan fingerprint density at radius 2 is 2.06 bits per heavy atom. The van der Waals surface area contributed by atoms with E-state index in [1.54, 1.807) is 0 Å². The van der Waals surface area contributed by atoms with Gasteiger partial charge in [-0.05, 0) is 12.0 Å². The van der Waals surface area contributed by atoms with Crippen LogP contribution in [0.1, 0.15) is 17.9 Å². The lowest BCUT2D eigenvalue weighted by atomic mass is 9.99. The molecular formula is C12H14N4O. The molecule has 0 saturated carbocycles. The zero-order valence-electron chi connectivity index (χ0n) is 9.41. The van der Waals surface area contributed by atoms with Crippen molar-refractivity contribution in [3.8, 4) is 0 Å². The summed E-state index contributed by atoms with van der Waals surface area (Å²) in [6.07, 6.45) is 1.10. The highest BCUT2D eigenvalue weighted by Gasteiger charge is 2.26. The summed E-state index contributed by atoms with van der Waals surface area (Å²) in [6, 6.07) is 11.2. The van der Waals surface area contributed by atoms with Gasteiger partial charge in [-0.2, -0.15) is 0 Å². The van der Waals surface area contributed by atoms with Crippen molar-refractivity contribution in [3.05, 3.63) is 35.9 Å². The normalized spacial score (nSPS) is 19.8. The number of nitrogen functional groups attached to an aromatic ring is 1. The molecule has 3 rings (SSSR count). The molecule has 5 heteroatoms. The molecule has 2 N–H and O–H groups in total. The fraction of sp³-hybridized carbons (Fsp3) is 0.333. The van der Waals surface area contributed by atoms with Gasteiger partial charge >= 0.3 is 12.0 Å². The molecule has 1 aromatic carbocycles. The van der Waals surface area contributed by atoms with E-state index in [2.05, 4.69) is 39.4 Å². The highest BCUT2D eigenvalue weighted by molar-refractivity contribution is 5.33. The molecule has 17 heavy (non-hydrogen) atoms. The first-order valence-electron chi connectivity index (χ1n) is 5.72. The van der Waals surface area contributed by atoms with Gasteiger partial charge in [0.15, 0.2) is 0 Å².